The van der Waals surface area contributed by atoms with Crippen LogP contribution in [0.3, 0.4) is 0 Å². The molecule has 1 N–H and O–H groups in total. The fraction of sp³-hybridized carbons (Fsp3) is 0.500. The summed E-state index contributed by atoms with van der Waals surface area (Å²) >= 11 is 0. The van der Waals surface area contributed by atoms with Crippen LogP contribution < -0.4 is 0 Å². The van der Waals surface area contributed by atoms with E-state index < -0.39 is 0 Å². The lowest BCUT2D eigenvalue weighted by atomic mass is 9.94. The summed E-state index contributed by atoms with van der Waals surface area (Å²) in [7, 11) is 0. The Kier molecular flexibility index (Phi) is 8.13. The first-order chi connectivity index (χ1) is 16.6. The zero-order valence-electron chi connectivity index (χ0n) is 19.9. The number of hydrogen-bond acceptors (Lipinski definition) is 7. The molecular weight excluding hydrogens is 432 g/mol. The molecule has 0 saturated carbocycles. The Bertz CT molecular complexity index is 1080. The van der Waals surface area contributed by atoms with Crippen molar-refractivity contribution in [1.29, 1.82) is 0 Å². The minimum Gasteiger partial charge on any atom is -0.381 e. The molecule has 2 aromatic heterocycles. The maximum atomic E-state index is 12.8. The van der Waals surface area contributed by atoms with Gasteiger partial charge in [-0.1, -0.05) is 23.8 Å². The van der Waals surface area contributed by atoms with Gasteiger partial charge in [-0.2, -0.15) is 20.2 Å². The number of carbonyl (C=O) groups excluding carboxylic acids is 1. The van der Waals surface area contributed by atoms with Crippen molar-refractivity contribution >= 4 is 12.0 Å². The number of tetrazole rings is 1. The van der Waals surface area contributed by atoms with E-state index in [1.807, 2.05) is 37.0 Å². The second kappa shape index (κ2) is 11.6. The highest BCUT2D eigenvalue weighted by Crippen LogP contribution is 2.21. The van der Waals surface area contributed by atoms with Gasteiger partial charge in [-0.25, -0.2) is 0 Å². The number of ether oxygens (including phenoxy) is 1. The van der Waals surface area contributed by atoms with Gasteiger partial charge in [0, 0.05) is 32.2 Å². The van der Waals surface area contributed by atoms with Gasteiger partial charge in [-0.3, -0.25) is 4.79 Å². The number of aromatic amines is 1. The standard InChI is InChI=1S/C24H32N8O2/c1-18-3-4-21(22(15-18)17-32-28-19(2)26-30-32)5-6-24(33)31-11-7-20(8-12-31)9-13-34-14-10-23-16-25-29-27-23/h3-6,15-16,20H,7-14,17H2,1-2H3,(H,25,27,29)/b6-5+. The van der Waals surface area contributed by atoms with Gasteiger partial charge >= 0.3 is 0 Å². The van der Waals surface area contributed by atoms with E-state index in [-0.39, 0.29) is 5.91 Å². The molecule has 1 aromatic carbocycles. The van der Waals surface area contributed by atoms with Crippen molar-refractivity contribution in [2.24, 2.45) is 5.92 Å². The van der Waals surface area contributed by atoms with E-state index in [9.17, 15) is 4.79 Å². The number of piperidine rings is 1. The van der Waals surface area contributed by atoms with Crippen LogP contribution in [-0.2, 0) is 22.5 Å². The van der Waals surface area contributed by atoms with Crippen LogP contribution in [0.5, 0.6) is 0 Å². The molecule has 1 aliphatic heterocycles. The number of nitrogens with zero attached hydrogens (tertiary/aromatic N) is 7. The SMILES string of the molecule is Cc1ccc(/C=C/C(=O)N2CCC(CCOCCc3cn[nH]n3)CC2)c(Cn2nnc(C)n2)c1. The Hall–Kier alpha value is -3.40. The highest BCUT2D eigenvalue weighted by Gasteiger charge is 2.21. The number of amides is 1. The minimum absolute atomic E-state index is 0.0589. The Balaban J connectivity index is 1.22. The molecule has 10 nitrogen and oxygen atoms in total. The molecule has 10 heteroatoms. The average Bonchev–Trinajstić information content (AvgIpc) is 3.50. The smallest absolute Gasteiger partial charge is 0.246 e. The Morgan fingerprint density at radius 1 is 1.24 bits per heavy atom. The average molecular weight is 465 g/mol. The maximum Gasteiger partial charge on any atom is 0.246 e. The Labute approximate surface area is 199 Å². The van der Waals surface area contributed by atoms with Gasteiger partial charge in [-0.05, 0) is 61.4 Å². The predicted octanol–water partition coefficient (Wildman–Crippen LogP) is 2.36. The molecule has 180 valence electrons. The molecule has 0 unspecified atom stereocenters. The molecule has 1 fully saturated rings. The van der Waals surface area contributed by atoms with Crippen molar-refractivity contribution in [1.82, 2.24) is 40.5 Å². The third-order valence-electron chi connectivity index (χ3n) is 6.13. The fourth-order valence-electron chi connectivity index (χ4n) is 4.16. The van der Waals surface area contributed by atoms with Crippen molar-refractivity contribution in [3.63, 3.8) is 0 Å². The Morgan fingerprint density at radius 3 is 2.82 bits per heavy atom. The normalized spacial score (nSPS) is 14.8. The van der Waals surface area contributed by atoms with Crippen LogP contribution in [0.1, 0.15) is 47.5 Å². The van der Waals surface area contributed by atoms with Gasteiger partial charge in [-0.15, -0.1) is 10.2 Å². The summed E-state index contributed by atoms with van der Waals surface area (Å²) in [6.45, 7) is 7.35. The first-order valence-electron chi connectivity index (χ1n) is 11.8. The molecule has 1 saturated heterocycles. The van der Waals surface area contributed by atoms with Crippen LogP contribution in [0.25, 0.3) is 6.08 Å². The van der Waals surface area contributed by atoms with Gasteiger partial charge in [0.25, 0.3) is 0 Å². The number of hydrogen-bond donors (Lipinski definition) is 1. The topological polar surface area (TPSA) is 115 Å². The van der Waals surface area contributed by atoms with Crippen LogP contribution in [0, 0.1) is 19.8 Å². The van der Waals surface area contributed by atoms with Crippen molar-refractivity contribution in [3.05, 3.63) is 58.7 Å². The summed E-state index contributed by atoms with van der Waals surface area (Å²) in [4.78, 5) is 16.3. The van der Waals surface area contributed by atoms with Gasteiger partial charge in [0.15, 0.2) is 5.82 Å². The molecule has 4 rings (SSSR count). The first kappa shape index (κ1) is 23.7. The molecule has 0 bridgehead atoms. The number of aromatic nitrogens is 7. The molecular formula is C24H32N8O2. The van der Waals surface area contributed by atoms with E-state index in [0.717, 1.165) is 67.8 Å². The minimum atomic E-state index is 0.0589. The first-order valence-corrected chi connectivity index (χ1v) is 11.8. The predicted molar refractivity (Wildman–Crippen MR) is 127 cm³/mol. The zero-order valence-corrected chi connectivity index (χ0v) is 19.9. The molecule has 0 radical (unpaired) electrons. The largest absolute Gasteiger partial charge is 0.381 e. The third-order valence-corrected chi connectivity index (χ3v) is 6.13. The molecule has 3 aromatic rings. The number of carbonyl (C=O) groups is 1. The second-order valence-electron chi connectivity index (χ2n) is 8.78. The van der Waals surface area contributed by atoms with Crippen LogP contribution in [0.2, 0.25) is 0 Å². The number of H-pyrrole nitrogens is 1. The molecule has 0 atom stereocenters. The summed E-state index contributed by atoms with van der Waals surface area (Å²) in [6.07, 6.45) is 9.13. The molecule has 0 aliphatic carbocycles. The monoisotopic (exact) mass is 464 g/mol. The van der Waals surface area contributed by atoms with Gasteiger partial charge < -0.3 is 9.64 Å². The quantitative estimate of drug-likeness (QED) is 0.362. The number of aryl methyl sites for hydroxylation is 2. The highest BCUT2D eigenvalue weighted by molar-refractivity contribution is 5.92. The van der Waals surface area contributed by atoms with Crippen molar-refractivity contribution in [3.8, 4) is 0 Å². The van der Waals surface area contributed by atoms with Crippen LogP contribution >= 0.6 is 0 Å². The number of benzene rings is 1. The van der Waals surface area contributed by atoms with Crippen LogP contribution in [-0.4, -0.2) is 72.7 Å². The summed E-state index contributed by atoms with van der Waals surface area (Å²) < 4.78 is 5.75. The summed E-state index contributed by atoms with van der Waals surface area (Å²) in [5.41, 5.74) is 4.12. The number of likely N-dealkylation sites (tertiary alicyclic amines) is 1. The summed E-state index contributed by atoms with van der Waals surface area (Å²) in [6, 6.07) is 6.18. The summed E-state index contributed by atoms with van der Waals surface area (Å²) in [5, 5.41) is 22.7. The highest BCUT2D eigenvalue weighted by atomic mass is 16.5. The van der Waals surface area contributed by atoms with Gasteiger partial charge in [0.1, 0.15) is 0 Å². The molecule has 0 spiro atoms. The van der Waals surface area contributed by atoms with E-state index >= 15 is 0 Å². The molecule has 34 heavy (non-hydrogen) atoms. The van der Waals surface area contributed by atoms with E-state index in [0.29, 0.717) is 24.9 Å². The van der Waals surface area contributed by atoms with E-state index in [4.69, 9.17) is 4.74 Å². The lowest BCUT2D eigenvalue weighted by Crippen LogP contribution is -2.37. The van der Waals surface area contributed by atoms with Crippen molar-refractivity contribution in [2.45, 2.75) is 46.1 Å². The van der Waals surface area contributed by atoms with Crippen molar-refractivity contribution in [2.75, 3.05) is 26.3 Å². The van der Waals surface area contributed by atoms with E-state index in [2.05, 4.69) is 36.9 Å². The number of nitrogens with one attached hydrogen (secondary N) is 1. The lowest BCUT2D eigenvalue weighted by Gasteiger charge is -2.31. The third kappa shape index (κ3) is 6.80. The molecule has 1 amide bonds. The Morgan fingerprint density at radius 2 is 2.09 bits per heavy atom. The van der Waals surface area contributed by atoms with E-state index in [1.165, 1.54) is 0 Å². The maximum absolute atomic E-state index is 12.8. The van der Waals surface area contributed by atoms with Crippen molar-refractivity contribution < 1.29 is 9.53 Å². The lowest BCUT2D eigenvalue weighted by molar-refractivity contribution is -0.127. The van der Waals surface area contributed by atoms with E-state index in [1.54, 1.807) is 17.1 Å². The molecule has 3 heterocycles. The van der Waals surface area contributed by atoms with Crippen LogP contribution in [0.15, 0.2) is 30.5 Å². The fourth-order valence-corrected chi connectivity index (χ4v) is 4.16. The number of rotatable bonds is 10. The van der Waals surface area contributed by atoms with Gasteiger partial charge in [0.05, 0.1) is 25.0 Å². The van der Waals surface area contributed by atoms with Crippen LogP contribution in [0.4, 0.5) is 0 Å². The van der Waals surface area contributed by atoms with Gasteiger partial charge in [0.2, 0.25) is 5.91 Å². The molecule has 1 aliphatic rings. The summed E-state index contributed by atoms with van der Waals surface area (Å²) in [5.74, 6) is 1.30. The zero-order chi connectivity index (χ0) is 23.8. The second-order valence-corrected chi connectivity index (χ2v) is 8.78.